The van der Waals surface area contributed by atoms with Gasteiger partial charge in [-0.15, -0.1) is 11.3 Å². The number of nitrogens with one attached hydrogen (secondary N) is 1. The molecule has 1 amide bonds. The molecule has 0 bridgehead atoms. The number of aromatic nitrogens is 1. The van der Waals surface area contributed by atoms with Crippen LogP contribution in [0.4, 0.5) is 5.69 Å². The molecule has 6 nitrogen and oxygen atoms in total. The summed E-state index contributed by atoms with van der Waals surface area (Å²) in [4.78, 5) is 28.4. The number of thiophene rings is 1. The van der Waals surface area contributed by atoms with Gasteiger partial charge in [0.25, 0.3) is 5.91 Å². The number of benzene rings is 1. The van der Waals surface area contributed by atoms with E-state index >= 15 is 0 Å². The number of esters is 1. The van der Waals surface area contributed by atoms with E-state index in [4.69, 9.17) is 27.6 Å². The van der Waals surface area contributed by atoms with Gasteiger partial charge in [0.1, 0.15) is 11.1 Å². The first-order valence-electron chi connectivity index (χ1n) is 6.87. The molecule has 3 aromatic rings. The highest BCUT2D eigenvalue weighted by Gasteiger charge is 2.19. The molecule has 0 saturated heterocycles. The van der Waals surface area contributed by atoms with Crippen molar-refractivity contribution in [1.82, 2.24) is 4.98 Å². The molecule has 128 valence electrons. The van der Waals surface area contributed by atoms with E-state index in [0.717, 1.165) is 11.3 Å². The van der Waals surface area contributed by atoms with E-state index in [0.29, 0.717) is 26.2 Å². The smallest absolute Gasteiger partial charge is 0.350 e. The van der Waals surface area contributed by atoms with Gasteiger partial charge in [0.15, 0.2) is 5.69 Å². The van der Waals surface area contributed by atoms with E-state index in [1.54, 1.807) is 29.6 Å². The van der Waals surface area contributed by atoms with Crippen molar-refractivity contribution in [3.63, 3.8) is 0 Å². The molecule has 0 fully saturated rings. The van der Waals surface area contributed by atoms with Crippen molar-refractivity contribution in [3.8, 4) is 11.5 Å². The third-order valence-corrected chi connectivity index (χ3v) is 4.82. The summed E-state index contributed by atoms with van der Waals surface area (Å²) >= 11 is 13.0. The molecule has 25 heavy (non-hydrogen) atoms. The number of hydrogen-bond acceptors (Lipinski definition) is 6. The van der Waals surface area contributed by atoms with Crippen LogP contribution < -0.4 is 5.32 Å². The summed E-state index contributed by atoms with van der Waals surface area (Å²) in [6.07, 6.45) is 1.22. The maximum Gasteiger partial charge on any atom is 0.350 e. The van der Waals surface area contributed by atoms with E-state index in [9.17, 15) is 9.59 Å². The first kappa shape index (κ1) is 17.5. The van der Waals surface area contributed by atoms with Crippen LogP contribution in [0.2, 0.25) is 10.0 Å². The summed E-state index contributed by atoms with van der Waals surface area (Å²) in [6, 6.07) is 6.48. The highest BCUT2D eigenvalue weighted by molar-refractivity contribution is 7.12. The third kappa shape index (κ3) is 3.68. The minimum atomic E-state index is -0.526. The van der Waals surface area contributed by atoms with Gasteiger partial charge in [-0.25, -0.2) is 9.78 Å². The molecule has 1 N–H and O–H groups in total. The predicted molar refractivity (Wildman–Crippen MR) is 95.6 cm³/mol. The summed E-state index contributed by atoms with van der Waals surface area (Å²) in [6.45, 7) is 0. The molecule has 0 spiro atoms. The summed E-state index contributed by atoms with van der Waals surface area (Å²) in [5.41, 5.74) is 0.989. The molecule has 2 aromatic heterocycles. The molecule has 0 atom stereocenters. The van der Waals surface area contributed by atoms with Gasteiger partial charge in [-0.3, -0.25) is 4.79 Å². The summed E-state index contributed by atoms with van der Waals surface area (Å²) in [5.74, 6) is -0.817. The molecular weight excluding hydrogens is 387 g/mol. The molecule has 3 rings (SSSR count). The van der Waals surface area contributed by atoms with Crippen molar-refractivity contribution >= 4 is 52.1 Å². The fraction of sp³-hybridized carbons (Fsp3) is 0.0625. The van der Waals surface area contributed by atoms with Gasteiger partial charge in [0.05, 0.1) is 22.8 Å². The van der Waals surface area contributed by atoms with Crippen LogP contribution in [0.15, 0.2) is 40.3 Å². The molecule has 0 aliphatic carbocycles. The highest BCUT2D eigenvalue weighted by atomic mass is 35.5. The average Bonchev–Trinajstić information content (AvgIpc) is 3.26. The fourth-order valence-electron chi connectivity index (χ4n) is 1.98. The van der Waals surface area contributed by atoms with Crippen LogP contribution in [0.5, 0.6) is 0 Å². The summed E-state index contributed by atoms with van der Waals surface area (Å²) in [5, 5.41) is 5.04. The Kier molecular flexibility index (Phi) is 5.08. The SMILES string of the molecule is COC(=O)c1sccc1NC(=O)c1coc(-c2ccc(Cl)c(Cl)c2)n1. The van der Waals surface area contributed by atoms with Crippen LogP contribution in [0, 0.1) is 0 Å². The number of nitrogens with zero attached hydrogens (tertiary/aromatic N) is 1. The largest absolute Gasteiger partial charge is 0.465 e. The zero-order valence-electron chi connectivity index (χ0n) is 12.7. The van der Waals surface area contributed by atoms with Crippen LogP contribution in [0.1, 0.15) is 20.2 Å². The lowest BCUT2D eigenvalue weighted by molar-refractivity contribution is 0.0607. The Bertz CT molecular complexity index is 951. The van der Waals surface area contributed by atoms with Gasteiger partial charge >= 0.3 is 5.97 Å². The number of carbonyl (C=O) groups excluding carboxylic acids is 2. The van der Waals surface area contributed by atoms with Crippen LogP contribution in [-0.2, 0) is 4.74 Å². The number of halogens is 2. The minimum absolute atomic E-state index is 0.0584. The second-order valence-corrected chi connectivity index (χ2v) is 6.51. The maximum absolute atomic E-state index is 12.3. The number of carbonyl (C=O) groups is 2. The monoisotopic (exact) mass is 396 g/mol. The number of oxazole rings is 1. The number of hydrogen-bond donors (Lipinski definition) is 1. The Labute approximate surface area is 156 Å². The lowest BCUT2D eigenvalue weighted by atomic mass is 10.2. The number of amides is 1. The first-order valence-corrected chi connectivity index (χ1v) is 8.51. The van der Waals surface area contributed by atoms with Gasteiger partial charge < -0.3 is 14.5 Å². The van der Waals surface area contributed by atoms with Gasteiger partial charge in [-0.1, -0.05) is 23.2 Å². The molecule has 9 heteroatoms. The van der Waals surface area contributed by atoms with Crippen molar-refractivity contribution in [2.45, 2.75) is 0 Å². The molecule has 0 aliphatic rings. The molecule has 0 radical (unpaired) electrons. The van der Waals surface area contributed by atoms with Crippen LogP contribution in [0.25, 0.3) is 11.5 Å². The standard InChI is InChI=1S/C16H10Cl2N2O4S/c1-23-16(22)13-11(4-5-25-13)19-14(21)12-7-24-15(20-12)8-2-3-9(17)10(18)6-8/h2-7H,1H3,(H,19,21). The van der Waals surface area contributed by atoms with E-state index in [-0.39, 0.29) is 11.6 Å². The lowest BCUT2D eigenvalue weighted by Crippen LogP contribution is -2.14. The Morgan fingerprint density at radius 2 is 2.04 bits per heavy atom. The maximum atomic E-state index is 12.3. The first-order chi connectivity index (χ1) is 12.0. The lowest BCUT2D eigenvalue weighted by Gasteiger charge is -2.03. The van der Waals surface area contributed by atoms with Gasteiger partial charge in [-0.05, 0) is 29.6 Å². The Morgan fingerprint density at radius 3 is 2.76 bits per heavy atom. The number of methoxy groups -OCH3 is 1. The molecule has 1 aromatic carbocycles. The van der Waals surface area contributed by atoms with E-state index < -0.39 is 11.9 Å². The van der Waals surface area contributed by atoms with E-state index in [1.807, 2.05) is 0 Å². The second kappa shape index (κ2) is 7.26. The topological polar surface area (TPSA) is 81.4 Å². The quantitative estimate of drug-likeness (QED) is 0.643. The molecule has 2 heterocycles. The van der Waals surface area contributed by atoms with Crippen LogP contribution >= 0.6 is 34.5 Å². The van der Waals surface area contributed by atoms with E-state index in [2.05, 4.69) is 15.0 Å². The fourth-order valence-corrected chi connectivity index (χ4v) is 3.05. The molecule has 0 unspecified atom stereocenters. The number of anilines is 1. The van der Waals surface area contributed by atoms with Gasteiger partial charge in [-0.2, -0.15) is 0 Å². The molecule has 0 saturated carbocycles. The minimum Gasteiger partial charge on any atom is -0.465 e. The third-order valence-electron chi connectivity index (χ3n) is 3.19. The van der Waals surface area contributed by atoms with Crippen molar-refractivity contribution in [2.24, 2.45) is 0 Å². The van der Waals surface area contributed by atoms with Crippen LogP contribution in [0.3, 0.4) is 0 Å². The number of rotatable bonds is 4. The van der Waals surface area contributed by atoms with Crippen molar-refractivity contribution < 1.29 is 18.7 Å². The Balaban J connectivity index is 1.80. The zero-order valence-corrected chi connectivity index (χ0v) is 15.0. The van der Waals surface area contributed by atoms with E-state index in [1.165, 1.54) is 13.4 Å². The molecule has 0 aliphatic heterocycles. The summed E-state index contributed by atoms with van der Waals surface area (Å²) in [7, 11) is 1.27. The highest BCUT2D eigenvalue weighted by Crippen LogP contribution is 2.28. The van der Waals surface area contributed by atoms with Crippen molar-refractivity contribution in [2.75, 3.05) is 12.4 Å². The van der Waals surface area contributed by atoms with Crippen LogP contribution in [-0.4, -0.2) is 24.0 Å². The summed E-state index contributed by atoms with van der Waals surface area (Å²) < 4.78 is 9.99. The predicted octanol–water partition coefficient (Wildman–Crippen LogP) is 4.75. The Morgan fingerprint density at radius 1 is 1.24 bits per heavy atom. The van der Waals surface area contributed by atoms with Crippen molar-refractivity contribution in [1.29, 1.82) is 0 Å². The number of ether oxygens (including phenoxy) is 1. The zero-order chi connectivity index (χ0) is 18.0. The second-order valence-electron chi connectivity index (χ2n) is 4.78. The molecular formula is C16H10Cl2N2O4S. The van der Waals surface area contributed by atoms with Gasteiger partial charge in [0, 0.05) is 5.56 Å². The Hall–Kier alpha value is -2.35. The van der Waals surface area contributed by atoms with Crippen molar-refractivity contribution in [3.05, 3.63) is 56.5 Å². The normalized spacial score (nSPS) is 10.5. The average molecular weight is 397 g/mol. The van der Waals surface area contributed by atoms with Gasteiger partial charge in [0.2, 0.25) is 5.89 Å².